The molecule has 10 nitrogen and oxygen atoms in total. The predicted molar refractivity (Wildman–Crippen MR) is 99.3 cm³/mol. The highest BCUT2D eigenvalue weighted by molar-refractivity contribution is 6.06. The second-order valence-corrected chi connectivity index (χ2v) is 6.04. The number of nitrogens with one attached hydrogen (secondary N) is 1. The molecule has 1 aromatic carbocycles. The fraction of sp³-hybridized carbons (Fsp3) is 0.222. The molecule has 0 unspecified atom stereocenters. The van der Waals surface area contributed by atoms with E-state index in [1.807, 2.05) is 0 Å². The number of hydrogen-bond acceptors (Lipinski definition) is 7. The van der Waals surface area contributed by atoms with Crippen molar-refractivity contribution in [2.45, 2.75) is 13.0 Å². The number of nitrogens with two attached hydrogens (primary N) is 1. The normalized spacial score (nSPS) is 11.4. The van der Waals surface area contributed by atoms with Crippen LogP contribution in [-0.4, -0.2) is 51.4 Å². The molecule has 164 valence electrons. The minimum Gasteiger partial charge on any atom is -0.443 e. The average molecular weight is 439 g/mol. The zero-order chi connectivity index (χ0) is 22.6. The van der Waals surface area contributed by atoms with Crippen LogP contribution < -0.4 is 15.8 Å². The van der Waals surface area contributed by atoms with E-state index in [4.69, 9.17) is 15.6 Å². The minimum absolute atomic E-state index is 0.00454. The summed E-state index contributed by atoms with van der Waals surface area (Å²) in [5, 5.41) is 16.0. The highest BCUT2D eigenvalue weighted by Crippen LogP contribution is 2.27. The van der Waals surface area contributed by atoms with Gasteiger partial charge in [-0.2, -0.15) is 5.10 Å². The van der Waals surface area contributed by atoms with E-state index in [2.05, 4.69) is 20.1 Å². The Labute approximate surface area is 172 Å². The van der Waals surface area contributed by atoms with Crippen LogP contribution in [0.3, 0.4) is 0 Å². The van der Waals surface area contributed by atoms with Crippen LogP contribution in [-0.2, 0) is 11.3 Å². The van der Waals surface area contributed by atoms with Crippen LogP contribution in [0.2, 0.25) is 0 Å². The zero-order valence-electron chi connectivity index (χ0n) is 15.7. The van der Waals surface area contributed by atoms with Crippen molar-refractivity contribution in [2.75, 3.05) is 13.2 Å². The zero-order valence-corrected chi connectivity index (χ0v) is 15.7. The van der Waals surface area contributed by atoms with E-state index < -0.39 is 24.1 Å². The van der Waals surface area contributed by atoms with E-state index >= 15 is 0 Å². The molecule has 2 amide bonds. The Kier molecular flexibility index (Phi) is 6.25. The van der Waals surface area contributed by atoms with Crippen LogP contribution in [0.1, 0.15) is 16.1 Å². The largest absolute Gasteiger partial charge is 0.573 e. The van der Waals surface area contributed by atoms with Crippen molar-refractivity contribution in [1.29, 1.82) is 0 Å². The van der Waals surface area contributed by atoms with Gasteiger partial charge in [-0.15, -0.1) is 13.2 Å². The molecule has 2 heterocycles. The third-order valence-electron chi connectivity index (χ3n) is 3.95. The Morgan fingerprint density at radius 1 is 1.19 bits per heavy atom. The number of amides is 2. The van der Waals surface area contributed by atoms with Crippen molar-refractivity contribution in [3.8, 4) is 11.4 Å². The lowest BCUT2D eigenvalue weighted by Crippen LogP contribution is -2.26. The lowest BCUT2D eigenvalue weighted by molar-refractivity contribution is -0.274. The lowest BCUT2D eigenvalue weighted by atomic mass is 10.1. The highest BCUT2D eigenvalue weighted by atomic mass is 19.4. The molecule has 0 saturated heterocycles. The first-order chi connectivity index (χ1) is 14.7. The van der Waals surface area contributed by atoms with Gasteiger partial charge in [-0.05, 0) is 30.3 Å². The monoisotopic (exact) mass is 439 g/mol. The van der Waals surface area contributed by atoms with Crippen molar-refractivity contribution >= 4 is 23.0 Å². The molecular formula is C18H16F3N5O5. The van der Waals surface area contributed by atoms with Crippen LogP contribution in [0.25, 0.3) is 16.7 Å². The first-order valence-corrected chi connectivity index (χ1v) is 8.73. The molecule has 0 fully saturated rings. The van der Waals surface area contributed by atoms with E-state index in [-0.39, 0.29) is 42.0 Å². The standard InChI is InChI=1S/C18H16F3N5O5/c19-18(20,21)31-11-3-1-10(2-4-11)26-15-14(13(25-26)9-30-17(22)29)12(5-6-23-15)16(28)24-7-8-27/h1-6,27H,7-9H2,(H2,22,29)(H,24,28). The summed E-state index contributed by atoms with van der Waals surface area (Å²) in [4.78, 5) is 27.7. The SMILES string of the molecule is NC(=O)OCc1nn(-c2ccc(OC(F)(F)F)cc2)c2nccc(C(=O)NCCO)c12. The summed E-state index contributed by atoms with van der Waals surface area (Å²) in [5.41, 5.74) is 5.79. The van der Waals surface area contributed by atoms with Gasteiger partial charge in [-0.3, -0.25) is 4.79 Å². The van der Waals surface area contributed by atoms with Gasteiger partial charge in [0.15, 0.2) is 5.65 Å². The summed E-state index contributed by atoms with van der Waals surface area (Å²) in [6.45, 7) is -0.645. The van der Waals surface area contributed by atoms with Crippen molar-refractivity contribution in [3.05, 3.63) is 47.8 Å². The number of aliphatic hydroxyl groups is 1. The van der Waals surface area contributed by atoms with Gasteiger partial charge in [-0.1, -0.05) is 0 Å². The fourth-order valence-electron chi connectivity index (χ4n) is 2.78. The van der Waals surface area contributed by atoms with Gasteiger partial charge < -0.3 is 25.6 Å². The molecule has 13 heteroatoms. The number of fused-ring (bicyclic) bond motifs is 1. The number of primary amides is 1. The molecule has 2 aromatic heterocycles. The van der Waals surface area contributed by atoms with Gasteiger partial charge in [0.2, 0.25) is 0 Å². The predicted octanol–water partition coefficient (Wildman–Crippen LogP) is 1.64. The molecule has 0 spiro atoms. The Bertz CT molecular complexity index is 1100. The number of ether oxygens (including phenoxy) is 2. The number of aromatic nitrogens is 3. The van der Waals surface area contributed by atoms with Gasteiger partial charge in [0.1, 0.15) is 18.1 Å². The van der Waals surface area contributed by atoms with Gasteiger partial charge in [0.25, 0.3) is 5.91 Å². The van der Waals surface area contributed by atoms with Gasteiger partial charge in [0, 0.05) is 12.7 Å². The third kappa shape index (κ3) is 5.19. The van der Waals surface area contributed by atoms with Crippen LogP contribution in [0.4, 0.5) is 18.0 Å². The summed E-state index contributed by atoms with van der Waals surface area (Å²) in [6.07, 6.45) is -4.56. The first kappa shape index (κ1) is 21.8. The molecule has 4 N–H and O–H groups in total. The molecule has 0 atom stereocenters. The molecular weight excluding hydrogens is 423 g/mol. The summed E-state index contributed by atoms with van der Waals surface area (Å²) in [5.74, 6) is -0.961. The number of rotatable bonds is 7. The van der Waals surface area contributed by atoms with Crippen LogP contribution in [0.15, 0.2) is 36.5 Å². The molecule has 3 rings (SSSR count). The number of aliphatic hydroxyl groups excluding tert-OH is 1. The van der Waals surface area contributed by atoms with Gasteiger partial charge in [0.05, 0.1) is 23.2 Å². The maximum atomic E-state index is 12.5. The highest BCUT2D eigenvalue weighted by Gasteiger charge is 2.31. The van der Waals surface area contributed by atoms with E-state index in [9.17, 15) is 22.8 Å². The number of alkyl halides is 3. The number of benzene rings is 1. The average Bonchev–Trinajstić information content (AvgIpc) is 3.08. The molecule has 31 heavy (non-hydrogen) atoms. The summed E-state index contributed by atoms with van der Waals surface area (Å²) in [6, 6.07) is 6.22. The van der Waals surface area contributed by atoms with Gasteiger partial charge in [-0.25, -0.2) is 14.5 Å². The Morgan fingerprint density at radius 3 is 2.52 bits per heavy atom. The van der Waals surface area contributed by atoms with Crippen molar-refractivity contribution < 1.29 is 37.3 Å². The van der Waals surface area contributed by atoms with Gasteiger partial charge >= 0.3 is 12.5 Å². The van der Waals surface area contributed by atoms with E-state index in [0.717, 1.165) is 12.1 Å². The maximum Gasteiger partial charge on any atom is 0.573 e. The van der Waals surface area contributed by atoms with E-state index in [1.54, 1.807) is 0 Å². The number of carbonyl (C=O) groups excluding carboxylic acids is 2. The fourth-order valence-corrected chi connectivity index (χ4v) is 2.78. The molecule has 0 bridgehead atoms. The molecule has 0 aliphatic rings. The summed E-state index contributed by atoms with van der Waals surface area (Å²) in [7, 11) is 0. The Hall–Kier alpha value is -3.87. The quantitative estimate of drug-likeness (QED) is 0.508. The number of pyridine rings is 1. The minimum atomic E-state index is -4.84. The molecule has 0 saturated carbocycles. The molecule has 0 aliphatic heterocycles. The summed E-state index contributed by atoms with van der Waals surface area (Å²) >= 11 is 0. The second kappa shape index (κ2) is 8.87. The lowest BCUT2D eigenvalue weighted by Gasteiger charge is -2.09. The van der Waals surface area contributed by atoms with E-state index in [1.165, 1.54) is 29.1 Å². The smallest absolute Gasteiger partial charge is 0.443 e. The van der Waals surface area contributed by atoms with Crippen molar-refractivity contribution in [1.82, 2.24) is 20.1 Å². The van der Waals surface area contributed by atoms with Crippen LogP contribution in [0, 0.1) is 0 Å². The second-order valence-electron chi connectivity index (χ2n) is 6.04. The Balaban J connectivity index is 2.07. The first-order valence-electron chi connectivity index (χ1n) is 8.73. The topological polar surface area (TPSA) is 142 Å². The van der Waals surface area contributed by atoms with E-state index in [0.29, 0.717) is 5.69 Å². The number of carbonyl (C=O) groups is 2. The summed E-state index contributed by atoms with van der Waals surface area (Å²) < 4.78 is 47.1. The molecule has 0 aliphatic carbocycles. The Morgan fingerprint density at radius 2 is 1.90 bits per heavy atom. The van der Waals surface area contributed by atoms with Crippen LogP contribution in [0.5, 0.6) is 5.75 Å². The maximum absolute atomic E-state index is 12.5. The number of hydrogen-bond donors (Lipinski definition) is 3. The van der Waals surface area contributed by atoms with Crippen LogP contribution >= 0.6 is 0 Å². The number of nitrogens with zero attached hydrogens (tertiary/aromatic N) is 3. The van der Waals surface area contributed by atoms with Crippen molar-refractivity contribution in [2.24, 2.45) is 5.73 Å². The number of halogens is 3. The third-order valence-corrected chi connectivity index (χ3v) is 3.95. The molecule has 3 aromatic rings. The van der Waals surface area contributed by atoms with Crippen molar-refractivity contribution in [3.63, 3.8) is 0 Å². The molecule has 0 radical (unpaired) electrons.